The molecule has 0 aliphatic heterocycles. The van der Waals surface area contributed by atoms with Crippen LogP contribution in [0.15, 0.2) is 116 Å². The van der Waals surface area contributed by atoms with Gasteiger partial charge in [-0.15, -0.1) is 0 Å². The van der Waals surface area contributed by atoms with Crippen molar-refractivity contribution in [3.8, 4) is 28.4 Å². The lowest BCUT2D eigenvalue weighted by Crippen LogP contribution is -1.96. The molecule has 0 saturated carbocycles. The van der Waals surface area contributed by atoms with Crippen LogP contribution in [0.3, 0.4) is 0 Å². The molecule has 0 unspecified atom stereocenters. The van der Waals surface area contributed by atoms with Crippen molar-refractivity contribution in [3.63, 3.8) is 0 Å². The van der Waals surface area contributed by atoms with E-state index in [0.717, 1.165) is 55.9 Å². The molecule has 4 heterocycles. The van der Waals surface area contributed by atoms with Crippen LogP contribution >= 0.6 is 0 Å². The van der Waals surface area contributed by atoms with Gasteiger partial charge in [-0.3, -0.25) is 4.40 Å². The van der Waals surface area contributed by atoms with E-state index in [2.05, 4.69) is 34.2 Å². The Balaban J connectivity index is 1.25. The fraction of sp³-hybridized carbons (Fsp3) is 0. The van der Waals surface area contributed by atoms with Crippen LogP contribution in [0.5, 0.6) is 11.5 Å². The molecule has 7 aromatic rings. The normalized spacial score (nSPS) is 11.4. The van der Waals surface area contributed by atoms with E-state index in [-0.39, 0.29) is 0 Å². The fourth-order valence-electron chi connectivity index (χ4n) is 4.54. The molecule has 0 amide bonds. The molecule has 0 aliphatic rings. The Kier molecular flexibility index (Phi) is 4.35. The second-order valence-corrected chi connectivity index (χ2v) is 8.31. The summed E-state index contributed by atoms with van der Waals surface area (Å²) in [5.74, 6) is 1.48. The van der Waals surface area contributed by atoms with Gasteiger partial charge in [0.1, 0.15) is 22.8 Å². The predicted molar refractivity (Wildman–Crippen MR) is 137 cm³/mol. The number of aromatic nitrogens is 5. The van der Waals surface area contributed by atoms with Crippen LogP contribution in [-0.2, 0) is 0 Å². The number of benzene rings is 3. The molecule has 0 spiro atoms. The second-order valence-electron chi connectivity index (χ2n) is 8.31. The zero-order valence-electron chi connectivity index (χ0n) is 18.6. The summed E-state index contributed by atoms with van der Waals surface area (Å²) in [6.45, 7) is 0. The average Bonchev–Trinajstić information content (AvgIpc) is 3.61. The van der Waals surface area contributed by atoms with Crippen LogP contribution in [0.4, 0.5) is 0 Å². The summed E-state index contributed by atoms with van der Waals surface area (Å²) in [7, 11) is 0. The maximum Gasteiger partial charge on any atom is 0.146 e. The van der Waals surface area contributed by atoms with Crippen LogP contribution in [0.2, 0.25) is 0 Å². The van der Waals surface area contributed by atoms with Gasteiger partial charge >= 0.3 is 0 Å². The Bertz CT molecular complexity index is 1830. The Morgan fingerprint density at radius 1 is 0.600 bits per heavy atom. The van der Waals surface area contributed by atoms with Crippen molar-refractivity contribution in [2.75, 3.05) is 0 Å². The van der Waals surface area contributed by atoms with Crippen LogP contribution in [-0.4, -0.2) is 24.1 Å². The largest absolute Gasteiger partial charge is 0.457 e. The summed E-state index contributed by atoms with van der Waals surface area (Å²) in [5, 5.41) is 7.93. The van der Waals surface area contributed by atoms with Gasteiger partial charge in [0.05, 0.1) is 11.4 Å². The third kappa shape index (κ3) is 3.31. The van der Waals surface area contributed by atoms with E-state index in [1.54, 1.807) is 12.4 Å². The van der Waals surface area contributed by atoms with Crippen molar-refractivity contribution in [1.82, 2.24) is 24.1 Å². The van der Waals surface area contributed by atoms with Crippen molar-refractivity contribution in [2.24, 2.45) is 0 Å². The van der Waals surface area contributed by atoms with Crippen LogP contribution in [0, 0.1) is 0 Å². The van der Waals surface area contributed by atoms with Crippen molar-refractivity contribution in [3.05, 3.63) is 116 Å². The molecule has 6 nitrogen and oxygen atoms in total. The molecule has 0 radical (unpaired) electrons. The third-order valence-electron chi connectivity index (χ3n) is 6.15. The van der Waals surface area contributed by atoms with Crippen molar-refractivity contribution >= 4 is 27.5 Å². The van der Waals surface area contributed by atoms with E-state index in [1.807, 2.05) is 88.2 Å². The van der Waals surface area contributed by atoms with Crippen LogP contribution in [0.1, 0.15) is 0 Å². The molecule has 0 saturated heterocycles. The van der Waals surface area contributed by atoms with Crippen LogP contribution in [0.25, 0.3) is 44.4 Å². The summed E-state index contributed by atoms with van der Waals surface area (Å²) in [6.07, 6.45) is 7.51. The summed E-state index contributed by atoms with van der Waals surface area (Å²) < 4.78 is 10.2. The Hall–Kier alpha value is -4.97. The first kappa shape index (κ1) is 19.5. The van der Waals surface area contributed by atoms with Crippen molar-refractivity contribution in [2.45, 2.75) is 0 Å². The number of fused-ring (bicyclic) bond motifs is 6. The zero-order valence-corrected chi connectivity index (χ0v) is 18.6. The van der Waals surface area contributed by atoms with E-state index in [0.29, 0.717) is 0 Å². The van der Waals surface area contributed by atoms with Crippen molar-refractivity contribution in [1.29, 1.82) is 0 Å². The molecular weight excluding hydrogens is 434 g/mol. The summed E-state index contributed by atoms with van der Waals surface area (Å²) >= 11 is 0. The molecule has 0 aliphatic carbocycles. The van der Waals surface area contributed by atoms with E-state index in [1.165, 1.54) is 0 Å². The second kappa shape index (κ2) is 7.81. The lowest BCUT2D eigenvalue weighted by molar-refractivity contribution is 0.483. The van der Waals surface area contributed by atoms with Gasteiger partial charge in [0.2, 0.25) is 0 Å². The molecule has 7 rings (SSSR count). The number of hydrogen-bond acceptors (Lipinski definition) is 4. The molecule has 0 atom stereocenters. The number of pyridine rings is 2. The predicted octanol–water partition coefficient (Wildman–Crippen LogP) is 6.68. The first-order valence-corrected chi connectivity index (χ1v) is 11.4. The van der Waals surface area contributed by atoms with E-state index < -0.39 is 0 Å². The van der Waals surface area contributed by atoms with E-state index in [4.69, 9.17) is 9.84 Å². The van der Waals surface area contributed by atoms with Gasteiger partial charge in [0, 0.05) is 47.2 Å². The Labute approximate surface area is 200 Å². The molecule has 4 aromatic heterocycles. The standard InChI is InChI=1S/C29H19N5O/c1-2-6-20(7-3-1)27-13-16-34(32-27)21-8-4-9-22(18-21)35-23-11-12-24-25-10-5-14-30-28(25)33-17-15-31-29(33)26(24)19-23/h1-19H. The zero-order chi connectivity index (χ0) is 23.2. The molecule has 35 heavy (non-hydrogen) atoms. The summed E-state index contributed by atoms with van der Waals surface area (Å²) in [4.78, 5) is 9.15. The van der Waals surface area contributed by atoms with Gasteiger partial charge in [0.15, 0.2) is 0 Å². The van der Waals surface area contributed by atoms with Gasteiger partial charge in [0.25, 0.3) is 0 Å². The highest BCUT2D eigenvalue weighted by molar-refractivity contribution is 6.11. The number of rotatable bonds is 4. The van der Waals surface area contributed by atoms with Crippen molar-refractivity contribution < 1.29 is 4.74 Å². The third-order valence-corrected chi connectivity index (χ3v) is 6.15. The highest BCUT2D eigenvalue weighted by Crippen LogP contribution is 2.32. The Morgan fingerprint density at radius 3 is 2.40 bits per heavy atom. The molecule has 166 valence electrons. The van der Waals surface area contributed by atoms with Crippen LogP contribution < -0.4 is 4.74 Å². The van der Waals surface area contributed by atoms with E-state index in [9.17, 15) is 0 Å². The summed E-state index contributed by atoms with van der Waals surface area (Å²) in [5.41, 5.74) is 4.69. The number of ether oxygens (including phenoxy) is 1. The minimum Gasteiger partial charge on any atom is -0.457 e. The average molecular weight is 454 g/mol. The molecule has 0 bridgehead atoms. The topological polar surface area (TPSA) is 57.2 Å². The molecule has 3 aromatic carbocycles. The quantitative estimate of drug-likeness (QED) is 0.279. The van der Waals surface area contributed by atoms with Gasteiger partial charge in [-0.05, 0) is 53.9 Å². The minimum absolute atomic E-state index is 0.737. The molecule has 0 fully saturated rings. The first-order chi connectivity index (χ1) is 17.3. The van der Waals surface area contributed by atoms with Gasteiger partial charge < -0.3 is 4.74 Å². The van der Waals surface area contributed by atoms with Gasteiger partial charge in [-0.2, -0.15) is 5.10 Å². The minimum atomic E-state index is 0.737. The van der Waals surface area contributed by atoms with E-state index >= 15 is 0 Å². The molecule has 0 N–H and O–H groups in total. The maximum atomic E-state index is 6.28. The Morgan fingerprint density at radius 2 is 1.46 bits per heavy atom. The number of imidazole rings is 1. The van der Waals surface area contributed by atoms with Gasteiger partial charge in [-0.1, -0.05) is 36.4 Å². The number of hydrogen-bond donors (Lipinski definition) is 0. The smallest absolute Gasteiger partial charge is 0.146 e. The highest BCUT2D eigenvalue weighted by Gasteiger charge is 2.12. The maximum absolute atomic E-state index is 6.28. The molecule has 6 heteroatoms. The lowest BCUT2D eigenvalue weighted by atomic mass is 10.1. The highest BCUT2D eigenvalue weighted by atomic mass is 16.5. The first-order valence-electron chi connectivity index (χ1n) is 11.4. The monoisotopic (exact) mass is 453 g/mol. The summed E-state index contributed by atoms with van der Waals surface area (Å²) in [6, 6.07) is 30.2. The molecular formula is C29H19N5O. The van der Waals surface area contributed by atoms with Gasteiger partial charge in [-0.25, -0.2) is 14.6 Å². The SMILES string of the molecule is c1ccc(-c2ccn(-c3cccc(Oc4ccc5c6cccnc6n6ccnc6c5c4)c3)n2)cc1. The fourth-order valence-corrected chi connectivity index (χ4v) is 4.54. The number of nitrogens with zero attached hydrogens (tertiary/aromatic N) is 5. The lowest BCUT2D eigenvalue weighted by Gasteiger charge is -2.11.